The summed E-state index contributed by atoms with van der Waals surface area (Å²) in [6, 6.07) is 14.5. The number of rotatable bonds is 18. The van der Waals surface area contributed by atoms with Gasteiger partial charge in [-0.25, -0.2) is 19.6 Å². The molecule has 0 fully saturated rings. The molecule has 0 bridgehead atoms. The second-order valence-electron chi connectivity index (χ2n) is 19.2. The summed E-state index contributed by atoms with van der Waals surface area (Å²) in [4.78, 5) is 34.1. The fourth-order valence-electron chi connectivity index (χ4n) is 6.00. The van der Waals surface area contributed by atoms with E-state index in [1.165, 1.54) is 4.90 Å². The number of fused-ring (bicyclic) bond motifs is 2. The van der Waals surface area contributed by atoms with Crippen LogP contribution in [0.5, 0.6) is 0 Å². The van der Waals surface area contributed by atoms with Gasteiger partial charge in [0.05, 0.1) is 35.2 Å². The number of hydrogen-bond donors (Lipinski definition) is 4. The lowest BCUT2D eigenvalue weighted by atomic mass is 10.0. The summed E-state index contributed by atoms with van der Waals surface area (Å²) >= 11 is 0. The smallest absolute Gasteiger partial charge is 0.407 e. The van der Waals surface area contributed by atoms with E-state index in [1.807, 2.05) is 74.9 Å². The zero-order valence-electron chi connectivity index (χ0n) is 37.3. The molecule has 0 unspecified atom stereocenters. The second kappa shape index (κ2) is 20.9. The van der Waals surface area contributed by atoms with E-state index in [0.29, 0.717) is 52.5 Å². The second-order valence-corrected chi connectivity index (χ2v) is 30.4. The number of alkyl carbamates (subject to hydrolysis) is 1. The van der Waals surface area contributed by atoms with Crippen LogP contribution < -0.4 is 16.8 Å². The number of ether oxygens (including phenoxy) is 3. The van der Waals surface area contributed by atoms with Crippen LogP contribution in [-0.2, 0) is 53.6 Å². The van der Waals surface area contributed by atoms with Crippen molar-refractivity contribution >= 4 is 50.4 Å². The number of benzene rings is 2. The number of amides is 2. The normalized spacial score (nSPS) is 12.4. The summed E-state index contributed by atoms with van der Waals surface area (Å²) in [5, 5.41) is 12.3. The Labute approximate surface area is 348 Å². The molecule has 6 N–H and O–H groups in total. The number of nitrogens with one attached hydrogen (secondary N) is 1. The van der Waals surface area contributed by atoms with E-state index in [4.69, 9.17) is 25.7 Å². The SMILES string of the molecule is CC(C)(C)N(CCc1ccc2nc(CN)n(COCC[Si](C)(C)C)c2c1)C(=O)O.CC(C)(C)OC(=O)NCCc1ccc2c(c1)nc(CN)n2COCC[Si](C)(C)C. The van der Waals surface area contributed by atoms with Gasteiger partial charge in [-0.1, -0.05) is 51.4 Å². The molecule has 0 aliphatic rings. The Morgan fingerprint density at radius 1 is 0.759 bits per heavy atom. The largest absolute Gasteiger partial charge is 0.465 e. The van der Waals surface area contributed by atoms with Crippen molar-refractivity contribution < 1.29 is 28.9 Å². The molecule has 0 atom stereocenters. The molecule has 16 heteroatoms. The van der Waals surface area contributed by atoms with Gasteiger partial charge in [-0.15, -0.1) is 0 Å². The minimum atomic E-state index is -1.14. The van der Waals surface area contributed by atoms with E-state index >= 15 is 0 Å². The number of nitrogens with zero attached hydrogens (tertiary/aromatic N) is 5. The number of carbonyl (C=O) groups excluding carboxylic acids is 1. The molecule has 2 amide bonds. The van der Waals surface area contributed by atoms with Crippen molar-refractivity contribution in [1.82, 2.24) is 29.3 Å². The Morgan fingerprint density at radius 3 is 1.78 bits per heavy atom. The summed E-state index contributed by atoms with van der Waals surface area (Å²) in [6.45, 7) is 29.3. The van der Waals surface area contributed by atoms with Gasteiger partial charge in [-0.3, -0.25) is 0 Å². The number of imidazole rings is 2. The quantitative estimate of drug-likeness (QED) is 0.0565. The van der Waals surface area contributed by atoms with Gasteiger partial charge in [-0.05, 0) is 102 Å². The highest BCUT2D eigenvalue weighted by Gasteiger charge is 2.26. The van der Waals surface area contributed by atoms with Crippen LogP contribution in [0.15, 0.2) is 36.4 Å². The minimum Gasteiger partial charge on any atom is -0.465 e. The van der Waals surface area contributed by atoms with Crippen molar-refractivity contribution in [3.8, 4) is 0 Å². The third-order valence-electron chi connectivity index (χ3n) is 9.33. The number of hydrogen-bond acceptors (Lipinski definition) is 9. The number of aromatic nitrogens is 4. The van der Waals surface area contributed by atoms with Gasteiger partial charge >= 0.3 is 12.2 Å². The predicted molar refractivity (Wildman–Crippen MR) is 240 cm³/mol. The first-order valence-corrected chi connectivity index (χ1v) is 27.8. The zero-order chi connectivity index (χ0) is 43.5. The Hall–Kier alpha value is -3.81. The van der Waals surface area contributed by atoms with Crippen molar-refractivity contribution in [1.29, 1.82) is 0 Å². The lowest BCUT2D eigenvalue weighted by Gasteiger charge is -2.33. The van der Waals surface area contributed by atoms with Gasteiger partial charge in [0, 0.05) is 48.0 Å². The molecule has 2 heterocycles. The molecule has 0 saturated carbocycles. The summed E-state index contributed by atoms with van der Waals surface area (Å²) < 4.78 is 21.2. The van der Waals surface area contributed by atoms with E-state index in [0.717, 1.165) is 70.1 Å². The first-order valence-electron chi connectivity index (χ1n) is 20.4. The Kier molecular flexibility index (Phi) is 17.5. The first kappa shape index (κ1) is 48.6. The number of carbonyl (C=O) groups is 2. The Balaban J connectivity index is 0.000000310. The highest BCUT2D eigenvalue weighted by atomic mass is 28.3. The van der Waals surface area contributed by atoms with E-state index in [9.17, 15) is 14.7 Å². The molecule has 4 aromatic rings. The van der Waals surface area contributed by atoms with Crippen LogP contribution in [0.2, 0.25) is 51.4 Å². The molecule has 4 rings (SSSR count). The Morgan fingerprint density at radius 2 is 1.28 bits per heavy atom. The number of carboxylic acid groups (broad SMARTS) is 1. The summed E-state index contributed by atoms with van der Waals surface area (Å²) in [6.07, 6.45) is 0.0415. The molecule has 324 valence electrons. The molecule has 58 heavy (non-hydrogen) atoms. The van der Waals surface area contributed by atoms with E-state index in [-0.39, 0.29) is 0 Å². The molecule has 2 aromatic heterocycles. The molecular weight excluding hydrogens is 769 g/mol. The maximum Gasteiger partial charge on any atom is 0.407 e. The fraction of sp³-hybridized carbons (Fsp3) is 0.619. The van der Waals surface area contributed by atoms with E-state index in [2.05, 4.69) is 66.7 Å². The van der Waals surface area contributed by atoms with E-state index in [1.54, 1.807) is 0 Å². The van der Waals surface area contributed by atoms with E-state index < -0.39 is 39.5 Å². The highest BCUT2D eigenvalue weighted by Crippen LogP contribution is 2.22. The van der Waals surface area contributed by atoms with Gasteiger partial charge in [0.15, 0.2) is 0 Å². The maximum absolute atomic E-state index is 11.8. The van der Waals surface area contributed by atoms with Gasteiger partial charge < -0.3 is 50.1 Å². The van der Waals surface area contributed by atoms with Crippen molar-refractivity contribution in [2.24, 2.45) is 11.5 Å². The lowest BCUT2D eigenvalue weighted by molar-refractivity contribution is 0.0528. The van der Waals surface area contributed by atoms with Gasteiger partial charge in [0.2, 0.25) is 0 Å². The molecule has 0 saturated heterocycles. The topological polar surface area (TPSA) is 185 Å². The molecule has 0 radical (unpaired) electrons. The van der Waals surface area contributed by atoms with Crippen LogP contribution in [0.3, 0.4) is 0 Å². The van der Waals surface area contributed by atoms with Crippen molar-refractivity contribution in [3.05, 3.63) is 59.2 Å². The number of nitrogens with two attached hydrogens (primary N) is 2. The highest BCUT2D eigenvalue weighted by molar-refractivity contribution is 6.76. The molecule has 0 spiro atoms. The van der Waals surface area contributed by atoms with Crippen molar-refractivity contribution in [2.45, 2.75) is 143 Å². The minimum absolute atomic E-state index is 0.345. The van der Waals surface area contributed by atoms with Crippen LogP contribution in [0.4, 0.5) is 9.59 Å². The van der Waals surface area contributed by atoms with Crippen LogP contribution in [0, 0.1) is 0 Å². The third kappa shape index (κ3) is 16.1. The average molecular weight is 841 g/mol. The Bertz CT molecular complexity index is 1940. The van der Waals surface area contributed by atoms with Crippen LogP contribution >= 0.6 is 0 Å². The van der Waals surface area contributed by atoms with Crippen molar-refractivity contribution in [3.63, 3.8) is 0 Å². The van der Waals surface area contributed by atoms with Gasteiger partial charge in [-0.2, -0.15) is 0 Å². The molecule has 2 aromatic carbocycles. The summed E-state index contributed by atoms with van der Waals surface area (Å²) in [7, 11) is -2.25. The van der Waals surface area contributed by atoms with Crippen LogP contribution in [0.1, 0.15) is 64.3 Å². The molecular formula is C42H72N8O6Si2. The zero-order valence-corrected chi connectivity index (χ0v) is 39.3. The average Bonchev–Trinajstić information content (AvgIpc) is 3.63. The fourth-order valence-corrected chi connectivity index (χ4v) is 7.52. The van der Waals surface area contributed by atoms with Gasteiger partial charge in [0.1, 0.15) is 30.7 Å². The molecule has 0 aliphatic heterocycles. The van der Waals surface area contributed by atoms with Crippen LogP contribution in [0.25, 0.3) is 22.1 Å². The summed E-state index contributed by atoms with van der Waals surface area (Å²) in [5.41, 5.74) is 16.8. The lowest BCUT2D eigenvalue weighted by Crippen LogP contribution is -2.45. The van der Waals surface area contributed by atoms with Gasteiger partial charge in [0.25, 0.3) is 0 Å². The predicted octanol–water partition coefficient (Wildman–Crippen LogP) is 8.00. The molecule has 14 nitrogen and oxygen atoms in total. The summed E-state index contributed by atoms with van der Waals surface area (Å²) in [5.74, 6) is 1.61. The van der Waals surface area contributed by atoms with Crippen LogP contribution in [-0.4, -0.2) is 94.9 Å². The maximum atomic E-state index is 11.8. The molecule has 0 aliphatic carbocycles. The third-order valence-corrected chi connectivity index (χ3v) is 12.7. The monoisotopic (exact) mass is 841 g/mol. The standard InChI is InChI=1S/2C21H36N4O3Si/c1-21(2,3)28-20(26)23-10-9-16-7-8-18-17(13-16)24-19(14-22)25(18)15-27-11-12-29(4,5)6;1-21(2,3)25(20(26)27)10-9-16-7-8-17-18(13-16)24(19(14-22)23-17)15-28-11-12-29(4,5)6/h7-8,13H,9-12,14-15,22H2,1-6H3,(H,23,26);7-8,13H,9-12,14-15,22H2,1-6H3,(H,26,27). The van der Waals surface area contributed by atoms with Crippen molar-refractivity contribution in [2.75, 3.05) is 26.3 Å². The first-order chi connectivity index (χ1) is 26.9.